The van der Waals surface area contributed by atoms with E-state index >= 15 is 0 Å². The number of anilines is 1. The van der Waals surface area contributed by atoms with Gasteiger partial charge < -0.3 is 10.6 Å². The number of benzene rings is 1. The molecule has 1 aromatic carbocycles. The maximum Gasteiger partial charge on any atom is 0.270 e. The molecule has 0 heterocycles. The number of hydrogen-bond acceptors (Lipinski definition) is 4. The first kappa shape index (κ1) is 14.3. The Balaban J connectivity index is 2.29. The van der Waals surface area contributed by atoms with E-state index in [9.17, 15) is 14.9 Å². The van der Waals surface area contributed by atoms with Gasteiger partial charge >= 0.3 is 0 Å². The second-order valence-electron chi connectivity index (χ2n) is 5.52. The number of nitrogens with zero attached hydrogens (tertiary/aromatic N) is 2. The van der Waals surface area contributed by atoms with Gasteiger partial charge in [-0.25, -0.2) is 0 Å². The topological polar surface area (TPSA) is 89.5 Å². The molecule has 1 amide bonds. The van der Waals surface area contributed by atoms with Crippen molar-refractivity contribution in [1.29, 1.82) is 0 Å². The molecule has 1 aliphatic carbocycles. The molecular weight excluding hydrogens is 258 g/mol. The fourth-order valence-electron chi connectivity index (χ4n) is 2.10. The minimum Gasteiger partial charge on any atom is -0.398 e. The fourth-order valence-corrected chi connectivity index (χ4v) is 2.10. The van der Waals surface area contributed by atoms with Gasteiger partial charge in [0.05, 0.1) is 10.5 Å². The van der Waals surface area contributed by atoms with Gasteiger partial charge in [0.25, 0.3) is 11.6 Å². The summed E-state index contributed by atoms with van der Waals surface area (Å²) in [5.41, 5.74) is 6.19. The van der Waals surface area contributed by atoms with E-state index in [0.29, 0.717) is 12.5 Å². The summed E-state index contributed by atoms with van der Waals surface area (Å²) in [4.78, 5) is 24.6. The van der Waals surface area contributed by atoms with Gasteiger partial charge in [-0.1, -0.05) is 0 Å². The molecule has 108 valence electrons. The van der Waals surface area contributed by atoms with Gasteiger partial charge in [0.1, 0.15) is 0 Å². The van der Waals surface area contributed by atoms with Crippen molar-refractivity contribution >= 4 is 17.3 Å². The molecular formula is C14H19N3O3. The molecule has 20 heavy (non-hydrogen) atoms. The van der Waals surface area contributed by atoms with Crippen LogP contribution in [0.4, 0.5) is 11.4 Å². The number of nitro benzene ring substituents is 1. The van der Waals surface area contributed by atoms with Crippen molar-refractivity contribution in [3.05, 3.63) is 33.9 Å². The van der Waals surface area contributed by atoms with Gasteiger partial charge in [-0.15, -0.1) is 0 Å². The third-order valence-electron chi connectivity index (χ3n) is 3.51. The highest BCUT2D eigenvalue weighted by atomic mass is 16.6. The van der Waals surface area contributed by atoms with Crippen LogP contribution in [0.1, 0.15) is 37.0 Å². The molecule has 2 N–H and O–H groups in total. The second kappa shape index (κ2) is 5.48. The van der Waals surface area contributed by atoms with E-state index < -0.39 is 4.92 Å². The van der Waals surface area contributed by atoms with Crippen LogP contribution in [0.25, 0.3) is 0 Å². The van der Waals surface area contributed by atoms with E-state index in [1.807, 2.05) is 13.8 Å². The lowest BCUT2D eigenvalue weighted by atomic mass is 10.1. The summed E-state index contributed by atoms with van der Waals surface area (Å²) >= 11 is 0. The quantitative estimate of drug-likeness (QED) is 0.508. The first-order valence-corrected chi connectivity index (χ1v) is 6.75. The Hall–Kier alpha value is -2.11. The lowest BCUT2D eigenvalue weighted by Crippen LogP contribution is -2.38. The molecule has 0 aromatic heterocycles. The molecule has 0 saturated heterocycles. The Morgan fingerprint density at radius 3 is 2.65 bits per heavy atom. The zero-order chi connectivity index (χ0) is 14.9. The number of amides is 1. The smallest absolute Gasteiger partial charge is 0.270 e. The van der Waals surface area contributed by atoms with Crippen LogP contribution in [0.3, 0.4) is 0 Å². The summed E-state index contributed by atoms with van der Waals surface area (Å²) in [5, 5.41) is 10.8. The van der Waals surface area contributed by atoms with E-state index in [1.165, 1.54) is 18.2 Å². The van der Waals surface area contributed by atoms with Crippen LogP contribution in [0.2, 0.25) is 0 Å². The summed E-state index contributed by atoms with van der Waals surface area (Å²) in [7, 11) is 0. The maximum absolute atomic E-state index is 12.6. The number of nitrogen functional groups attached to an aromatic ring is 1. The van der Waals surface area contributed by atoms with E-state index in [0.717, 1.165) is 12.8 Å². The van der Waals surface area contributed by atoms with Gasteiger partial charge in [0.2, 0.25) is 0 Å². The molecule has 0 bridgehead atoms. The lowest BCUT2D eigenvalue weighted by Gasteiger charge is -2.27. The molecule has 6 heteroatoms. The molecule has 0 unspecified atom stereocenters. The van der Waals surface area contributed by atoms with E-state index in [-0.39, 0.29) is 28.9 Å². The number of nitrogens with two attached hydrogens (primary N) is 1. The number of carbonyl (C=O) groups is 1. The van der Waals surface area contributed by atoms with Crippen LogP contribution in [-0.2, 0) is 0 Å². The maximum atomic E-state index is 12.6. The Morgan fingerprint density at radius 1 is 1.50 bits per heavy atom. The predicted octanol–water partition coefficient (Wildman–Crippen LogP) is 2.44. The molecule has 0 aliphatic heterocycles. The van der Waals surface area contributed by atoms with Crippen molar-refractivity contribution in [3.63, 3.8) is 0 Å². The SMILES string of the molecule is CC(C)N(CC1CC1)C(=O)c1cc([N+](=O)[O-])ccc1N. The third-order valence-corrected chi connectivity index (χ3v) is 3.51. The third kappa shape index (κ3) is 3.07. The summed E-state index contributed by atoms with van der Waals surface area (Å²) in [6.45, 7) is 4.57. The fraction of sp³-hybridized carbons (Fsp3) is 0.500. The van der Waals surface area contributed by atoms with Crippen molar-refractivity contribution in [2.45, 2.75) is 32.7 Å². The standard InChI is InChI=1S/C14H19N3O3/c1-9(2)16(8-10-3-4-10)14(18)12-7-11(17(19)20)5-6-13(12)15/h5-7,9-10H,3-4,8,15H2,1-2H3. The molecule has 0 spiro atoms. The monoisotopic (exact) mass is 277 g/mol. The molecule has 1 aliphatic rings. The summed E-state index contributed by atoms with van der Waals surface area (Å²) in [6, 6.07) is 4.04. The van der Waals surface area contributed by atoms with Gasteiger partial charge in [0, 0.05) is 30.4 Å². The van der Waals surface area contributed by atoms with Crippen LogP contribution in [0.15, 0.2) is 18.2 Å². The Kier molecular flexibility index (Phi) is 3.92. The molecule has 1 saturated carbocycles. The Bertz CT molecular complexity index is 538. The van der Waals surface area contributed by atoms with Gasteiger partial charge in [-0.2, -0.15) is 0 Å². The minimum atomic E-state index is -0.517. The van der Waals surface area contributed by atoms with Crippen LogP contribution >= 0.6 is 0 Å². The first-order chi connectivity index (χ1) is 9.40. The summed E-state index contributed by atoms with van der Waals surface area (Å²) in [5.74, 6) is 0.328. The molecule has 1 fully saturated rings. The van der Waals surface area contributed by atoms with Crippen molar-refractivity contribution in [3.8, 4) is 0 Å². The molecule has 0 radical (unpaired) electrons. The van der Waals surface area contributed by atoms with Crippen molar-refractivity contribution in [1.82, 2.24) is 4.90 Å². The van der Waals surface area contributed by atoms with Crippen molar-refractivity contribution < 1.29 is 9.72 Å². The van der Waals surface area contributed by atoms with E-state index in [2.05, 4.69) is 0 Å². The largest absolute Gasteiger partial charge is 0.398 e. The summed E-state index contributed by atoms with van der Waals surface area (Å²) < 4.78 is 0. The zero-order valence-electron chi connectivity index (χ0n) is 11.7. The average molecular weight is 277 g/mol. The molecule has 1 aromatic rings. The lowest BCUT2D eigenvalue weighted by molar-refractivity contribution is -0.384. The second-order valence-corrected chi connectivity index (χ2v) is 5.52. The number of hydrogen-bond donors (Lipinski definition) is 1. The zero-order valence-corrected chi connectivity index (χ0v) is 11.7. The number of nitro groups is 1. The molecule has 6 nitrogen and oxygen atoms in total. The van der Waals surface area contributed by atoms with Gasteiger partial charge in [-0.05, 0) is 38.7 Å². The van der Waals surface area contributed by atoms with Crippen molar-refractivity contribution in [2.24, 2.45) is 5.92 Å². The van der Waals surface area contributed by atoms with E-state index in [4.69, 9.17) is 5.73 Å². The average Bonchev–Trinajstić information content (AvgIpc) is 3.19. The van der Waals surface area contributed by atoms with E-state index in [1.54, 1.807) is 4.90 Å². The molecule has 2 rings (SSSR count). The molecule has 0 atom stereocenters. The summed E-state index contributed by atoms with van der Waals surface area (Å²) in [6.07, 6.45) is 2.28. The number of rotatable bonds is 5. The highest BCUT2D eigenvalue weighted by Gasteiger charge is 2.30. The number of non-ortho nitro benzene ring substituents is 1. The van der Waals surface area contributed by atoms with Crippen molar-refractivity contribution in [2.75, 3.05) is 12.3 Å². The van der Waals surface area contributed by atoms with Crippen LogP contribution in [0.5, 0.6) is 0 Å². The van der Waals surface area contributed by atoms with Crippen LogP contribution < -0.4 is 5.73 Å². The predicted molar refractivity (Wildman–Crippen MR) is 76.4 cm³/mol. The van der Waals surface area contributed by atoms with Crippen LogP contribution in [0, 0.1) is 16.0 Å². The van der Waals surface area contributed by atoms with Gasteiger partial charge in [0.15, 0.2) is 0 Å². The first-order valence-electron chi connectivity index (χ1n) is 6.75. The van der Waals surface area contributed by atoms with Gasteiger partial charge in [-0.3, -0.25) is 14.9 Å². The Morgan fingerprint density at radius 2 is 2.15 bits per heavy atom. The van der Waals surface area contributed by atoms with Crippen LogP contribution in [-0.4, -0.2) is 28.3 Å². The number of carbonyl (C=O) groups excluding carboxylic acids is 1. The highest BCUT2D eigenvalue weighted by molar-refractivity contribution is 6.00. The minimum absolute atomic E-state index is 0.0433. The Labute approximate surface area is 117 Å². The highest BCUT2D eigenvalue weighted by Crippen LogP contribution is 2.31. The normalized spacial score (nSPS) is 14.3.